The van der Waals surface area contributed by atoms with Gasteiger partial charge in [0.05, 0.1) is 16.2 Å². The molecule has 0 aliphatic carbocycles. The zero-order valence-electron chi connectivity index (χ0n) is 5.83. The van der Waals surface area contributed by atoms with E-state index < -0.39 is 0 Å². The molecule has 0 unspecified atom stereocenters. The van der Waals surface area contributed by atoms with E-state index in [1.807, 2.05) is 12.1 Å². The molecule has 1 N–H and O–H groups in total. The molecule has 0 atom stereocenters. The van der Waals surface area contributed by atoms with E-state index in [1.54, 1.807) is 0 Å². The number of H-pyrrole nitrogens is 1. The topological polar surface area (TPSA) is 63.4 Å². The van der Waals surface area contributed by atoms with E-state index in [4.69, 9.17) is 22.7 Å². The highest BCUT2D eigenvalue weighted by Crippen LogP contribution is 2.11. The van der Waals surface area contributed by atoms with Gasteiger partial charge in [-0.3, -0.25) is 0 Å². The van der Waals surface area contributed by atoms with E-state index >= 15 is 0 Å². The quantitative estimate of drug-likeness (QED) is 0.487. The van der Waals surface area contributed by atoms with Gasteiger partial charge in [-0.15, -0.1) is 12.6 Å². The summed E-state index contributed by atoms with van der Waals surface area (Å²) in [7, 11) is 0. The Labute approximate surface area is 79.7 Å². The lowest BCUT2D eigenvalue weighted by atomic mass is 10.2. The standard InChI is InChI=1S/C7H3N3S2/c8-2-4-1-5(3-9)7(12)10-6(4)11/h1H,(H2,10,11,12). The van der Waals surface area contributed by atoms with Crippen LogP contribution in [0.25, 0.3) is 0 Å². The summed E-state index contributed by atoms with van der Waals surface area (Å²) in [5.41, 5.74) is 0.614. The van der Waals surface area contributed by atoms with Gasteiger partial charge in [0.2, 0.25) is 0 Å². The minimum Gasteiger partial charge on any atom is -0.339 e. The predicted octanol–water partition coefficient (Wildman–Crippen LogP) is 1.78. The molecule has 0 radical (unpaired) electrons. The number of nitrogens with zero attached hydrogens (tertiary/aromatic N) is 2. The molecule has 3 nitrogen and oxygen atoms in total. The molecule has 0 spiro atoms. The molecule has 12 heavy (non-hydrogen) atoms. The Morgan fingerprint density at radius 1 is 1.33 bits per heavy atom. The third-order valence-corrected chi connectivity index (χ3v) is 1.94. The molecule has 5 heteroatoms. The fraction of sp³-hybridized carbons (Fsp3) is 0. The maximum atomic E-state index is 8.57. The highest BCUT2D eigenvalue weighted by Gasteiger charge is 2.01. The van der Waals surface area contributed by atoms with Gasteiger partial charge in [0, 0.05) is 0 Å². The third-order valence-electron chi connectivity index (χ3n) is 1.26. The summed E-state index contributed by atoms with van der Waals surface area (Å²) in [4.78, 5) is 2.64. The van der Waals surface area contributed by atoms with Crippen molar-refractivity contribution in [2.75, 3.05) is 0 Å². The molecule has 1 heterocycles. The second kappa shape index (κ2) is 3.40. The molecule has 0 aliphatic heterocycles. The van der Waals surface area contributed by atoms with Crippen LogP contribution in [0, 0.1) is 27.3 Å². The van der Waals surface area contributed by atoms with E-state index in [-0.39, 0.29) is 0 Å². The Balaban J connectivity index is 3.54. The van der Waals surface area contributed by atoms with E-state index in [2.05, 4.69) is 17.6 Å². The lowest BCUT2D eigenvalue weighted by molar-refractivity contribution is 1.09. The van der Waals surface area contributed by atoms with Gasteiger partial charge < -0.3 is 4.98 Å². The summed E-state index contributed by atoms with van der Waals surface area (Å²) < 4.78 is 0.307. The molecule has 0 saturated carbocycles. The SMILES string of the molecule is N#Cc1cc(C#N)c(=S)[nH]c1S. The van der Waals surface area contributed by atoms with Gasteiger partial charge in [0.15, 0.2) is 0 Å². The summed E-state index contributed by atoms with van der Waals surface area (Å²) in [5.74, 6) is 0. The maximum Gasteiger partial charge on any atom is 0.122 e. The van der Waals surface area contributed by atoms with Crippen LogP contribution in [0.4, 0.5) is 0 Å². The Hall–Kier alpha value is -1.30. The zero-order valence-corrected chi connectivity index (χ0v) is 7.54. The number of nitriles is 2. The Kier molecular flexibility index (Phi) is 2.49. The summed E-state index contributed by atoms with van der Waals surface area (Å²) >= 11 is 8.79. The van der Waals surface area contributed by atoms with Crippen molar-refractivity contribution in [2.45, 2.75) is 5.03 Å². The number of aromatic amines is 1. The average Bonchev–Trinajstić information content (AvgIpc) is 2.05. The first-order valence-electron chi connectivity index (χ1n) is 2.95. The van der Waals surface area contributed by atoms with Crippen LogP contribution < -0.4 is 0 Å². The van der Waals surface area contributed by atoms with E-state index in [0.717, 1.165) is 0 Å². The van der Waals surface area contributed by atoms with Crippen molar-refractivity contribution in [1.82, 2.24) is 4.98 Å². The van der Waals surface area contributed by atoms with E-state index in [0.29, 0.717) is 20.8 Å². The molecular formula is C7H3N3S2. The second-order valence-electron chi connectivity index (χ2n) is 2.00. The molecule has 0 bridgehead atoms. The van der Waals surface area contributed by atoms with Gasteiger partial charge in [-0.05, 0) is 6.07 Å². The first-order valence-corrected chi connectivity index (χ1v) is 3.81. The monoisotopic (exact) mass is 193 g/mol. The molecule has 58 valence electrons. The third kappa shape index (κ3) is 1.48. The summed E-state index contributed by atoms with van der Waals surface area (Å²) in [6.45, 7) is 0. The number of pyridine rings is 1. The highest BCUT2D eigenvalue weighted by molar-refractivity contribution is 7.80. The van der Waals surface area contributed by atoms with Crippen LogP contribution in [0.5, 0.6) is 0 Å². The zero-order chi connectivity index (χ0) is 9.14. The fourth-order valence-corrected chi connectivity index (χ4v) is 1.20. The van der Waals surface area contributed by atoms with Crippen molar-refractivity contribution in [3.05, 3.63) is 21.8 Å². The van der Waals surface area contributed by atoms with E-state index in [1.165, 1.54) is 6.07 Å². The predicted molar refractivity (Wildman–Crippen MR) is 48.3 cm³/mol. The van der Waals surface area contributed by atoms with Crippen LogP contribution in [-0.4, -0.2) is 4.98 Å². The molecule has 1 aromatic rings. The van der Waals surface area contributed by atoms with Crippen molar-refractivity contribution in [3.8, 4) is 12.1 Å². The lowest BCUT2D eigenvalue weighted by Gasteiger charge is -1.96. The Morgan fingerprint density at radius 3 is 2.42 bits per heavy atom. The van der Waals surface area contributed by atoms with Crippen molar-refractivity contribution >= 4 is 24.8 Å². The van der Waals surface area contributed by atoms with Gasteiger partial charge in [0.25, 0.3) is 0 Å². The molecule has 0 fully saturated rings. The summed E-state index contributed by atoms with van der Waals surface area (Å²) in [5, 5.41) is 17.5. The number of rotatable bonds is 0. The van der Waals surface area contributed by atoms with Gasteiger partial charge >= 0.3 is 0 Å². The molecule has 0 saturated heterocycles. The van der Waals surface area contributed by atoms with Crippen LogP contribution in [0.15, 0.2) is 11.1 Å². The molecule has 1 aromatic heterocycles. The maximum absolute atomic E-state index is 8.57. The van der Waals surface area contributed by atoms with Crippen LogP contribution in [0.1, 0.15) is 11.1 Å². The minimum atomic E-state index is 0.291. The van der Waals surface area contributed by atoms with Crippen LogP contribution in [-0.2, 0) is 0 Å². The Morgan fingerprint density at radius 2 is 1.92 bits per heavy atom. The second-order valence-corrected chi connectivity index (χ2v) is 2.85. The number of hydrogen-bond acceptors (Lipinski definition) is 4. The van der Waals surface area contributed by atoms with Crippen LogP contribution in [0.3, 0.4) is 0 Å². The van der Waals surface area contributed by atoms with Crippen molar-refractivity contribution < 1.29 is 0 Å². The first-order chi connectivity index (χ1) is 5.69. The smallest absolute Gasteiger partial charge is 0.122 e. The Bertz CT molecular complexity index is 447. The minimum absolute atomic E-state index is 0.291. The normalized spacial score (nSPS) is 8.58. The largest absolute Gasteiger partial charge is 0.339 e. The van der Waals surface area contributed by atoms with Gasteiger partial charge in [-0.25, -0.2) is 0 Å². The summed E-state index contributed by atoms with van der Waals surface area (Å²) in [6.07, 6.45) is 0. The van der Waals surface area contributed by atoms with Crippen LogP contribution >= 0.6 is 24.8 Å². The number of nitrogens with one attached hydrogen (secondary N) is 1. The van der Waals surface area contributed by atoms with Gasteiger partial charge in [0.1, 0.15) is 16.8 Å². The molecule has 0 aromatic carbocycles. The van der Waals surface area contributed by atoms with Crippen molar-refractivity contribution in [2.24, 2.45) is 0 Å². The fourth-order valence-electron chi connectivity index (χ4n) is 0.689. The summed E-state index contributed by atoms with van der Waals surface area (Å²) in [6, 6.07) is 5.19. The first kappa shape index (κ1) is 8.79. The number of thiol groups is 1. The van der Waals surface area contributed by atoms with Crippen molar-refractivity contribution in [3.63, 3.8) is 0 Å². The van der Waals surface area contributed by atoms with Crippen LogP contribution in [0.2, 0.25) is 0 Å². The molecular weight excluding hydrogens is 190 g/mol. The van der Waals surface area contributed by atoms with Gasteiger partial charge in [-0.2, -0.15) is 10.5 Å². The lowest BCUT2D eigenvalue weighted by Crippen LogP contribution is -1.88. The molecule has 0 amide bonds. The highest BCUT2D eigenvalue weighted by atomic mass is 32.1. The molecule has 0 aliphatic rings. The number of aromatic nitrogens is 1. The van der Waals surface area contributed by atoms with E-state index in [9.17, 15) is 0 Å². The molecule has 1 rings (SSSR count). The van der Waals surface area contributed by atoms with Crippen molar-refractivity contribution in [1.29, 1.82) is 10.5 Å². The van der Waals surface area contributed by atoms with Gasteiger partial charge in [-0.1, -0.05) is 12.2 Å². The number of hydrogen-bond donors (Lipinski definition) is 2. The average molecular weight is 193 g/mol.